The molecule has 0 fully saturated rings. The molecule has 0 bridgehead atoms. The number of hydrogen-bond acceptors (Lipinski definition) is 3. The van der Waals surface area contributed by atoms with Crippen LogP contribution in [0.4, 0.5) is 0 Å². The van der Waals surface area contributed by atoms with E-state index in [2.05, 4.69) is 6.07 Å². The molecule has 1 aromatic heterocycles. The predicted molar refractivity (Wildman–Crippen MR) is 89.4 cm³/mol. The maximum atomic E-state index is 12.1. The first-order valence-corrected chi connectivity index (χ1v) is 8.39. The van der Waals surface area contributed by atoms with E-state index in [0.29, 0.717) is 12.5 Å². The minimum atomic E-state index is -0.185. The van der Waals surface area contributed by atoms with Crippen LogP contribution in [0.1, 0.15) is 12.5 Å². The van der Waals surface area contributed by atoms with Crippen LogP contribution in [-0.4, -0.2) is 16.8 Å². The van der Waals surface area contributed by atoms with Crippen LogP contribution < -0.4 is 10.3 Å². The molecule has 0 aliphatic heterocycles. The molecule has 1 aromatic carbocycles. The number of benzene rings is 1. The predicted octanol–water partition coefficient (Wildman–Crippen LogP) is 3.99. The third-order valence-electron chi connectivity index (χ3n) is 3.17. The van der Waals surface area contributed by atoms with Crippen molar-refractivity contribution in [3.63, 3.8) is 0 Å². The summed E-state index contributed by atoms with van der Waals surface area (Å²) in [6, 6.07) is 10.5. The van der Waals surface area contributed by atoms with Gasteiger partial charge in [0, 0.05) is 44.3 Å². The fourth-order valence-electron chi connectivity index (χ4n) is 2.15. The molecular weight excluding hydrogens is 395 g/mol. The number of pyridine rings is 1. The minimum Gasteiger partial charge on any atom is -0.483 e. The van der Waals surface area contributed by atoms with Gasteiger partial charge >= 0.3 is 0 Å². The van der Waals surface area contributed by atoms with Crippen LogP contribution in [0, 0.1) is 13.0 Å². The second-order valence-electron chi connectivity index (χ2n) is 4.56. The summed E-state index contributed by atoms with van der Waals surface area (Å²) in [5.74, 6) is 1.44. The molecule has 1 radical (unpaired) electrons. The van der Waals surface area contributed by atoms with Crippen molar-refractivity contribution in [1.29, 1.82) is 0 Å². The number of ether oxygens (including phenoxy) is 1. The number of hydrogen-bond donors (Lipinski definition) is 0. The first-order valence-electron chi connectivity index (χ1n) is 6.62. The van der Waals surface area contributed by atoms with Gasteiger partial charge in [0.05, 0.1) is 0 Å². The second-order valence-corrected chi connectivity index (χ2v) is 5.78. The van der Waals surface area contributed by atoms with Crippen molar-refractivity contribution in [3.05, 3.63) is 51.3 Å². The van der Waals surface area contributed by atoms with Crippen molar-refractivity contribution in [2.75, 3.05) is 12.2 Å². The smallest absolute Gasteiger partial charge is 0.212 e. The molecule has 0 unspecified atom stereocenters. The molecule has 115 valence electrons. The quantitative estimate of drug-likeness (QED) is 0.550. The van der Waals surface area contributed by atoms with E-state index in [9.17, 15) is 4.79 Å². The number of halogens is 1. The molecule has 0 saturated heterocycles. The molecule has 22 heavy (non-hydrogen) atoms. The van der Waals surface area contributed by atoms with Gasteiger partial charge in [-0.2, -0.15) is 23.7 Å². The van der Waals surface area contributed by atoms with E-state index < -0.39 is 0 Å². The van der Waals surface area contributed by atoms with Crippen LogP contribution in [0.3, 0.4) is 0 Å². The van der Waals surface area contributed by atoms with Crippen LogP contribution in [0.15, 0.2) is 29.1 Å². The van der Waals surface area contributed by atoms with Gasteiger partial charge in [0.2, 0.25) is 5.56 Å². The summed E-state index contributed by atoms with van der Waals surface area (Å²) in [5.41, 5.74) is 2.56. The van der Waals surface area contributed by atoms with Gasteiger partial charge in [-0.25, -0.2) is 0 Å². The Labute approximate surface area is 165 Å². The Balaban J connectivity index is 0.00000242. The fourth-order valence-corrected chi connectivity index (χ4v) is 2.56. The zero-order valence-electron chi connectivity index (χ0n) is 12.9. The maximum Gasteiger partial charge on any atom is 0.212 e. The van der Waals surface area contributed by atoms with E-state index in [4.69, 9.17) is 16.3 Å². The summed E-state index contributed by atoms with van der Waals surface area (Å²) in [7, 11) is 0. The Morgan fingerprint density at radius 1 is 1.41 bits per heavy atom. The number of rotatable bonds is 5. The molecular formula is C16H17ClNO2SY-. The molecule has 0 N–H and O–H groups in total. The zero-order valence-corrected chi connectivity index (χ0v) is 17.3. The van der Waals surface area contributed by atoms with E-state index in [1.54, 1.807) is 16.3 Å². The summed E-state index contributed by atoms with van der Waals surface area (Å²) in [6.45, 7) is 4.46. The number of aryl methyl sites for hydroxylation is 1. The average molecular weight is 412 g/mol. The Kier molecular flexibility index (Phi) is 8.19. The molecule has 0 spiro atoms. The standard InChI is InChI=1S/C16H17ClNO2S.Y/c1-4-18-15(8-7-14(17)16(18)19)13-6-5-12(9-11(13)2)20-10-21-3;/h5-7,9H,4,10H2,1-3H3;/q-1;. The largest absolute Gasteiger partial charge is 0.483 e. The van der Waals surface area contributed by atoms with Crippen molar-refractivity contribution >= 4 is 23.4 Å². The average Bonchev–Trinajstić information content (AvgIpc) is 2.48. The summed E-state index contributed by atoms with van der Waals surface area (Å²) < 4.78 is 7.22. The van der Waals surface area contributed by atoms with Gasteiger partial charge in [-0.1, -0.05) is 23.7 Å². The topological polar surface area (TPSA) is 31.2 Å². The minimum absolute atomic E-state index is 0. The molecule has 0 amide bonds. The molecule has 2 rings (SSSR count). The normalized spacial score (nSPS) is 10.2. The maximum absolute atomic E-state index is 12.1. The van der Waals surface area contributed by atoms with Crippen molar-refractivity contribution in [3.8, 4) is 17.0 Å². The van der Waals surface area contributed by atoms with Crippen molar-refractivity contribution < 1.29 is 37.4 Å². The van der Waals surface area contributed by atoms with Crippen LogP contribution in [0.2, 0.25) is 5.02 Å². The Morgan fingerprint density at radius 3 is 2.73 bits per heavy atom. The van der Waals surface area contributed by atoms with E-state index in [1.165, 1.54) is 6.07 Å². The van der Waals surface area contributed by atoms with Crippen LogP contribution in [0.5, 0.6) is 5.75 Å². The van der Waals surface area contributed by atoms with E-state index >= 15 is 0 Å². The van der Waals surface area contributed by atoms with Crippen molar-refractivity contribution in [2.45, 2.75) is 20.4 Å². The third-order valence-corrected chi connectivity index (χ3v) is 3.79. The number of nitrogens with zero attached hydrogens (tertiary/aromatic N) is 1. The monoisotopic (exact) mass is 411 g/mol. The molecule has 6 heteroatoms. The molecule has 0 aliphatic carbocycles. The molecule has 3 nitrogen and oxygen atoms in total. The summed E-state index contributed by atoms with van der Waals surface area (Å²) in [5, 5.41) is 0.193. The summed E-state index contributed by atoms with van der Waals surface area (Å²) >= 11 is 7.51. The van der Waals surface area contributed by atoms with Crippen molar-refractivity contribution in [2.24, 2.45) is 0 Å². The van der Waals surface area contributed by atoms with Gasteiger partial charge in [0.1, 0.15) is 11.7 Å². The fraction of sp³-hybridized carbons (Fsp3) is 0.312. The van der Waals surface area contributed by atoms with E-state index in [-0.39, 0.29) is 43.3 Å². The van der Waals surface area contributed by atoms with Crippen LogP contribution >= 0.6 is 23.4 Å². The third kappa shape index (κ3) is 4.38. The first-order chi connectivity index (χ1) is 10.1. The molecule has 1 heterocycles. The van der Waals surface area contributed by atoms with Gasteiger partial charge in [-0.05, 0) is 25.3 Å². The molecule has 0 atom stereocenters. The van der Waals surface area contributed by atoms with Gasteiger partial charge in [0.15, 0.2) is 0 Å². The Bertz CT molecular complexity index is 703. The van der Waals surface area contributed by atoms with E-state index in [1.807, 2.05) is 38.3 Å². The van der Waals surface area contributed by atoms with Crippen molar-refractivity contribution in [1.82, 2.24) is 4.57 Å². The van der Waals surface area contributed by atoms with Gasteiger partial charge in [0.25, 0.3) is 0 Å². The number of thioether (sulfide) groups is 1. The molecule has 0 aliphatic rings. The van der Waals surface area contributed by atoms with Gasteiger partial charge in [-0.3, -0.25) is 4.79 Å². The van der Waals surface area contributed by atoms with Crippen LogP contribution in [0.25, 0.3) is 11.3 Å². The van der Waals surface area contributed by atoms with Gasteiger partial charge in [-0.15, -0.1) is 17.8 Å². The zero-order chi connectivity index (χ0) is 15.4. The molecule has 2 aromatic rings. The van der Waals surface area contributed by atoms with E-state index in [0.717, 1.165) is 22.6 Å². The summed E-state index contributed by atoms with van der Waals surface area (Å²) in [4.78, 5) is 12.1. The number of aromatic nitrogens is 1. The van der Waals surface area contributed by atoms with Crippen LogP contribution in [-0.2, 0) is 39.3 Å². The Hall–Kier alpha value is -0.286. The Morgan fingerprint density at radius 2 is 2.14 bits per heavy atom. The summed E-state index contributed by atoms with van der Waals surface area (Å²) in [6.07, 6.45) is 1.99. The second kappa shape index (κ2) is 9.12. The molecule has 0 saturated carbocycles. The first kappa shape index (κ1) is 19.8. The van der Waals surface area contributed by atoms with Gasteiger partial charge < -0.3 is 9.30 Å². The SMILES string of the molecule is CCn1c(-c2ccc(OCSC)cc2C)[c-]cc(Cl)c1=O.[Y].